The zero-order valence-corrected chi connectivity index (χ0v) is 25.8. The third-order valence-corrected chi connectivity index (χ3v) is 10.4. The molecule has 3 fully saturated rings. The lowest BCUT2D eigenvalue weighted by atomic mass is 10.1. The summed E-state index contributed by atoms with van der Waals surface area (Å²) >= 11 is 9.12. The molecule has 7 heterocycles. The first-order valence-electron chi connectivity index (χ1n) is 12.9. The number of H-pyrrole nitrogens is 1. The van der Waals surface area contributed by atoms with Gasteiger partial charge in [-0.1, -0.05) is 12.2 Å². The molecule has 4 aromatic heterocycles. The number of imidazole rings is 2. The number of anilines is 2. The summed E-state index contributed by atoms with van der Waals surface area (Å²) < 4.78 is 81.0. The number of nitrogens with two attached hydrogens (primary N) is 2. The number of nitrogen functional groups attached to an aromatic ring is 2. The van der Waals surface area contributed by atoms with E-state index in [4.69, 9.17) is 50.8 Å². The molecule has 4 unspecified atom stereocenters. The molecule has 25 heteroatoms. The van der Waals surface area contributed by atoms with E-state index in [0.717, 1.165) is 17.2 Å². The maximum absolute atomic E-state index is 16.0. The van der Waals surface area contributed by atoms with Crippen LogP contribution in [0.2, 0.25) is 0 Å². The molecule has 10 atom stereocenters. The lowest BCUT2D eigenvalue weighted by Crippen LogP contribution is -2.34. The summed E-state index contributed by atoms with van der Waals surface area (Å²) in [6, 6.07) is 0. The van der Waals surface area contributed by atoms with Crippen molar-refractivity contribution in [1.29, 1.82) is 0 Å². The molecule has 0 radical (unpaired) electrons. The van der Waals surface area contributed by atoms with Crippen LogP contribution in [0, 0.1) is 0 Å². The Morgan fingerprint density at radius 3 is 2.42 bits per heavy atom. The van der Waals surface area contributed by atoms with Crippen molar-refractivity contribution in [3.05, 3.63) is 29.3 Å². The number of nitrogens with zero attached hydrogens (tertiary/aromatic N) is 7. The van der Waals surface area contributed by atoms with Crippen molar-refractivity contribution >= 4 is 71.7 Å². The molecule has 45 heavy (non-hydrogen) atoms. The number of aromatic nitrogens is 8. The van der Waals surface area contributed by atoms with Crippen molar-refractivity contribution in [2.24, 2.45) is 0 Å². The highest BCUT2D eigenvalue weighted by Gasteiger charge is 2.54. The predicted octanol–water partition coefficient (Wildman–Crippen LogP) is 0.667. The van der Waals surface area contributed by atoms with Crippen LogP contribution < -0.4 is 17.0 Å². The lowest BCUT2D eigenvalue weighted by molar-refractivity contribution is -0.0584. The number of nitrogens with one attached hydrogen (secondary N) is 1. The molecular formula is C20H22F2N10O9P2S2. The average Bonchev–Trinajstić information content (AvgIpc) is 3.72. The zero-order valence-electron chi connectivity index (χ0n) is 22.3. The number of alkyl halides is 2. The Kier molecular flexibility index (Phi) is 7.72. The van der Waals surface area contributed by atoms with Gasteiger partial charge in [-0.2, -0.15) is 4.98 Å². The van der Waals surface area contributed by atoms with E-state index < -0.39 is 81.5 Å². The number of hydrogen-bond acceptors (Lipinski definition) is 16. The molecule has 6 N–H and O–H groups in total. The maximum atomic E-state index is 16.0. The van der Waals surface area contributed by atoms with E-state index in [1.807, 2.05) is 0 Å². The number of ether oxygens (including phenoxy) is 2. The summed E-state index contributed by atoms with van der Waals surface area (Å²) in [7, 11) is 0. The molecule has 19 nitrogen and oxygen atoms in total. The first-order valence-corrected chi connectivity index (χ1v) is 18.2. The van der Waals surface area contributed by atoms with Crippen LogP contribution in [0.3, 0.4) is 0 Å². The zero-order chi connectivity index (χ0) is 31.8. The van der Waals surface area contributed by atoms with Crippen LogP contribution in [-0.4, -0.2) is 93.9 Å². The Labute approximate surface area is 259 Å². The van der Waals surface area contributed by atoms with Crippen LogP contribution in [0.1, 0.15) is 12.5 Å². The molecule has 0 aromatic carbocycles. The van der Waals surface area contributed by atoms with Gasteiger partial charge in [0.1, 0.15) is 36.3 Å². The van der Waals surface area contributed by atoms with Gasteiger partial charge in [0.05, 0.1) is 25.9 Å². The van der Waals surface area contributed by atoms with Crippen molar-refractivity contribution in [3.8, 4) is 0 Å². The predicted molar refractivity (Wildman–Crippen MR) is 155 cm³/mol. The molecule has 242 valence electrons. The first kappa shape index (κ1) is 30.9. The van der Waals surface area contributed by atoms with Crippen LogP contribution in [0.25, 0.3) is 22.3 Å². The standard InChI is InChI=1S/C20H22F2N10O9P2S2/c21-8-6-1-36-42(34,44)40-12-7(39-18(9(12)22)32-5-28-11-16(32)29-20(24)30-17(11)33)2-37-43(35,45)41-13(8)19(38-6)31-4-27-10-14(23)25-3-26-15(10)31/h3-9,12-13,18-19H,1-2H2,(H,34,44)(H,35,45)(H2,23,25,26)(H3,24,29,30,33)/t6?,7?,8-,9-,12-,13-,18-,19-,42?,43?/m1/s1. The number of aromatic amines is 1. The van der Waals surface area contributed by atoms with Gasteiger partial charge in [-0.05, 0) is 11.8 Å². The second-order valence-corrected chi connectivity index (χ2v) is 15.7. The van der Waals surface area contributed by atoms with Crippen LogP contribution in [0.15, 0.2) is 23.8 Å². The Bertz CT molecular complexity index is 1950. The van der Waals surface area contributed by atoms with Crippen molar-refractivity contribution in [1.82, 2.24) is 39.0 Å². The Balaban J connectivity index is 1.21. The monoisotopic (exact) mass is 710 g/mol. The fraction of sp³-hybridized carbons (Fsp3) is 0.500. The fourth-order valence-electron chi connectivity index (χ4n) is 5.23. The van der Waals surface area contributed by atoms with E-state index in [-0.39, 0.29) is 34.1 Å². The summed E-state index contributed by atoms with van der Waals surface area (Å²) in [5.74, 6) is -0.223. The third-order valence-electron chi connectivity index (χ3n) is 7.23. The Morgan fingerprint density at radius 2 is 1.64 bits per heavy atom. The quantitative estimate of drug-likeness (QED) is 0.142. The van der Waals surface area contributed by atoms with Gasteiger partial charge < -0.3 is 30.4 Å². The van der Waals surface area contributed by atoms with Crippen molar-refractivity contribution in [2.45, 2.75) is 49.2 Å². The summed E-state index contributed by atoms with van der Waals surface area (Å²) in [6.45, 7) is -10.2. The molecule has 7 rings (SSSR count). The molecule has 0 amide bonds. The first-order chi connectivity index (χ1) is 21.3. The van der Waals surface area contributed by atoms with Crippen molar-refractivity contribution in [2.75, 3.05) is 24.7 Å². The number of rotatable bonds is 2. The fourth-order valence-corrected chi connectivity index (χ4v) is 8.12. The molecule has 0 spiro atoms. The summed E-state index contributed by atoms with van der Waals surface area (Å²) in [5, 5.41) is 0. The Morgan fingerprint density at radius 1 is 0.956 bits per heavy atom. The molecule has 0 saturated carbocycles. The minimum atomic E-state index is -4.46. The number of halogens is 2. The van der Waals surface area contributed by atoms with Gasteiger partial charge in [0, 0.05) is 0 Å². The highest BCUT2D eigenvalue weighted by atomic mass is 32.7. The average molecular weight is 711 g/mol. The summed E-state index contributed by atoms with van der Waals surface area (Å²) in [4.78, 5) is 45.6. The molecule has 3 aliphatic heterocycles. The SMILES string of the molecule is Nc1nc2c(ncn2[C@@H]2OC3COP(O)(=S)O[C@@H]4[C@H](F)C(COP(=O)(S)O[C@H]3[C@H]2F)O[C@H]4n2cnc3c(N)ncnc32)c(=O)[nH]1. The second kappa shape index (κ2) is 11.2. The van der Waals surface area contributed by atoms with Crippen LogP contribution in [-0.2, 0) is 43.9 Å². The smallest absolute Gasteiger partial charge is 0.382 e. The topological polar surface area (TPSA) is 252 Å². The lowest BCUT2D eigenvalue weighted by Gasteiger charge is -2.27. The Hall–Kier alpha value is -2.69. The summed E-state index contributed by atoms with van der Waals surface area (Å²) in [6.07, 6.45) is -9.81. The maximum Gasteiger partial charge on any atom is 0.386 e. The molecule has 4 aromatic rings. The summed E-state index contributed by atoms with van der Waals surface area (Å²) in [5.41, 5.74) is 10.9. The highest BCUT2D eigenvalue weighted by Crippen LogP contribution is 2.58. The van der Waals surface area contributed by atoms with E-state index in [0.29, 0.717) is 0 Å². The molecule has 3 saturated heterocycles. The van der Waals surface area contributed by atoms with E-state index in [2.05, 4.69) is 42.2 Å². The van der Waals surface area contributed by atoms with Crippen molar-refractivity contribution in [3.63, 3.8) is 0 Å². The van der Waals surface area contributed by atoms with Gasteiger partial charge >= 0.3 is 13.5 Å². The van der Waals surface area contributed by atoms with Gasteiger partial charge in [0.15, 0.2) is 47.4 Å². The molecule has 2 bridgehead atoms. The molecule has 3 aliphatic rings. The largest absolute Gasteiger partial charge is 0.386 e. The number of hydrogen-bond donors (Lipinski definition) is 5. The number of thiol groups is 1. The van der Waals surface area contributed by atoms with Crippen LogP contribution in [0.5, 0.6) is 0 Å². The minimum Gasteiger partial charge on any atom is -0.382 e. The van der Waals surface area contributed by atoms with E-state index in [9.17, 15) is 14.3 Å². The minimum absolute atomic E-state index is 0.0436. The van der Waals surface area contributed by atoms with Gasteiger partial charge in [-0.15, -0.1) is 0 Å². The van der Waals surface area contributed by atoms with E-state index in [1.54, 1.807) is 0 Å². The van der Waals surface area contributed by atoms with Gasteiger partial charge in [0.2, 0.25) is 5.95 Å². The number of fused-ring (bicyclic) bond motifs is 5. The van der Waals surface area contributed by atoms with Gasteiger partial charge in [0.25, 0.3) is 5.56 Å². The highest BCUT2D eigenvalue weighted by molar-refractivity contribution is 8.44. The molecule has 0 aliphatic carbocycles. The second-order valence-electron chi connectivity index (χ2n) is 10.0. The van der Waals surface area contributed by atoms with Crippen LogP contribution in [0.4, 0.5) is 20.5 Å². The van der Waals surface area contributed by atoms with E-state index in [1.165, 1.54) is 10.9 Å². The van der Waals surface area contributed by atoms with Gasteiger partial charge in [-0.25, -0.2) is 33.3 Å². The van der Waals surface area contributed by atoms with E-state index >= 15 is 8.78 Å². The molecular weight excluding hydrogens is 688 g/mol. The van der Waals surface area contributed by atoms with Gasteiger partial charge in [-0.3, -0.25) is 32.5 Å². The normalized spacial score (nSPS) is 37.7. The third kappa shape index (κ3) is 5.54. The van der Waals surface area contributed by atoms with Crippen molar-refractivity contribution < 1.29 is 45.8 Å². The van der Waals surface area contributed by atoms with Crippen LogP contribution >= 0.6 is 25.8 Å².